The topological polar surface area (TPSA) is 24.9 Å². The highest BCUT2D eigenvalue weighted by atomic mass is 14.9. The second-order valence-corrected chi connectivity index (χ2v) is 6.18. The van der Waals surface area contributed by atoms with Gasteiger partial charge in [-0.05, 0) is 62.6 Å². The molecule has 2 bridgehead atoms. The number of aromatic nitrogens is 1. The molecule has 2 aliphatic rings. The van der Waals surface area contributed by atoms with Crippen molar-refractivity contribution in [1.82, 2.24) is 10.3 Å². The third kappa shape index (κ3) is 2.59. The number of pyridine rings is 1. The molecule has 2 heteroatoms. The highest BCUT2D eigenvalue weighted by Gasteiger charge is 2.39. The predicted molar refractivity (Wildman–Crippen MR) is 74.3 cm³/mol. The zero-order valence-corrected chi connectivity index (χ0v) is 11.3. The summed E-state index contributed by atoms with van der Waals surface area (Å²) in [4.78, 5) is 4.45. The van der Waals surface area contributed by atoms with Crippen LogP contribution in [0.4, 0.5) is 0 Å². The third-order valence-corrected chi connectivity index (χ3v) is 5.06. The Balaban J connectivity index is 1.56. The van der Waals surface area contributed by atoms with E-state index in [1.165, 1.54) is 37.8 Å². The number of fused-ring (bicyclic) bond motifs is 2. The zero-order valence-electron chi connectivity index (χ0n) is 11.3. The van der Waals surface area contributed by atoms with Crippen LogP contribution < -0.4 is 5.32 Å². The van der Waals surface area contributed by atoms with Crippen LogP contribution in [-0.2, 0) is 6.42 Å². The average Bonchev–Trinajstić information content (AvgIpc) is 3.01. The van der Waals surface area contributed by atoms with Crippen LogP contribution in [-0.4, -0.2) is 18.1 Å². The Hall–Kier alpha value is -0.890. The van der Waals surface area contributed by atoms with Crippen molar-refractivity contribution in [1.29, 1.82) is 0 Å². The zero-order chi connectivity index (χ0) is 12.4. The SMILES string of the molecule is CNC(Cc1ccccn1)CC1CC2CCC1C2. The largest absolute Gasteiger partial charge is 0.317 e. The molecule has 1 aromatic rings. The van der Waals surface area contributed by atoms with E-state index in [1.807, 2.05) is 12.3 Å². The first-order valence-corrected chi connectivity index (χ1v) is 7.42. The quantitative estimate of drug-likeness (QED) is 0.861. The normalized spacial score (nSPS) is 31.7. The van der Waals surface area contributed by atoms with Crippen LogP contribution in [0.1, 0.15) is 37.8 Å². The molecule has 0 radical (unpaired) electrons. The van der Waals surface area contributed by atoms with Gasteiger partial charge in [0.2, 0.25) is 0 Å². The van der Waals surface area contributed by atoms with Gasteiger partial charge >= 0.3 is 0 Å². The van der Waals surface area contributed by atoms with Crippen molar-refractivity contribution in [2.24, 2.45) is 17.8 Å². The molecule has 3 rings (SSSR count). The lowest BCUT2D eigenvalue weighted by atomic mass is 9.83. The van der Waals surface area contributed by atoms with E-state index >= 15 is 0 Å². The molecule has 0 aliphatic heterocycles. The number of hydrogen-bond acceptors (Lipinski definition) is 2. The molecule has 0 saturated heterocycles. The Morgan fingerprint density at radius 3 is 2.89 bits per heavy atom. The first-order valence-electron chi connectivity index (χ1n) is 7.42. The van der Waals surface area contributed by atoms with Crippen LogP contribution >= 0.6 is 0 Å². The Bertz CT molecular complexity index is 376. The van der Waals surface area contributed by atoms with Crippen molar-refractivity contribution in [2.45, 2.75) is 44.6 Å². The minimum atomic E-state index is 0.601. The second-order valence-electron chi connectivity index (χ2n) is 6.18. The van der Waals surface area contributed by atoms with E-state index in [9.17, 15) is 0 Å². The van der Waals surface area contributed by atoms with Crippen molar-refractivity contribution >= 4 is 0 Å². The Kier molecular flexibility index (Phi) is 3.64. The molecule has 4 atom stereocenters. The van der Waals surface area contributed by atoms with Crippen LogP contribution in [0, 0.1) is 17.8 Å². The van der Waals surface area contributed by atoms with Crippen LogP contribution in [0.5, 0.6) is 0 Å². The Labute approximate surface area is 110 Å². The van der Waals surface area contributed by atoms with Gasteiger partial charge in [-0.1, -0.05) is 12.5 Å². The molecular weight excluding hydrogens is 220 g/mol. The van der Waals surface area contributed by atoms with Crippen LogP contribution in [0.15, 0.2) is 24.4 Å². The molecule has 2 saturated carbocycles. The average molecular weight is 244 g/mol. The summed E-state index contributed by atoms with van der Waals surface area (Å²) in [7, 11) is 2.10. The number of nitrogens with one attached hydrogen (secondary N) is 1. The molecule has 18 heavy (non-hydrogen) atoms. The lowest BCUT2D eigenvalue weighted by molar-refractivity contribution is 0.281. The Morgan fingerprint density at radius 2 is 2.28 bits per heavy atom. The minimum Gasteiger partial charge on any atom is -0.317 e. The molecule has 2 nitrogen and oxygen atoms in total. The summed E-state index contributed by atoms with van der Waals surface area (Å²) in [5.74, 6) is 3.08. The van der Waals surface area contributed by atoms with Crippen LogP contribution in [0.2, 0.25) is 0 Å². The van der Waals surface area contributed by atoms with E-state index in [0.29, 0.717) is 6.04 Å². The van der Waals surface area contributed by atoms with Crippen molar-refractivity contribution < 1.29 is 0 Å². The van der Waals surface area contributed by atoms with Gasteiger partial charge in [-0.2, -0.15) is 0 Å². The smallest absolute Gasteiger partial charge is 0.0419 e. The summed E-state index contributed by atoms with van der Waals surface area (Å²) in [5, 5.41) is 3.50. The maximum atomic E-state index is 4.45. The van der Waals surface area contributed by atoms with Gasteiger partial charge in [0.25, 0.3) is 0 Å². The highest BCUT2D eigenvalue weighted by molar-refractivity contribution is 5.05. The van der Waals surface area contributed by atoms with E-state index in [-0.39, 0.29) is 0 Å². The molecule has 2 aliphatic carbocycles. The number of nitrogens with zero attached hydrogens (tertiary/aromatic N) is 1. The predicted octanol–water partition coefficient (Wildman–Crippen LogP) is 3.04. The van der Waals surface area contributed by atoms with Gasteiger partial charge in [-0.15, -0.1) is 0 Å². The molecule has 98 valence electrons. The lowest BCUT2D eigenvalue weighted by Gasteiger charge is -2.26. The molecule has 1 aromatic heterocycles. The highest BCUT2D eigenvalue weighted by Crippen LogP contribution is 2.49. The second kappa shape index (κ2) is 5.40. The van der Waals surface area contributed by atoms with E-state index < -0.39 is 0 Å². The van der Waals surface area contributed by atoms with Gasteiger partial charge in [-0.3, -0.25) is 4.98 Å². The van der Waals surface area contributed by atoms with E-state index in [2.05, 4.69) is 29.5 Å². The van der Waals surface area contributed by atoms with Crippen molar-refractivity contribution in [3.8, 4) is 0 Å². The summed E-state index contributed by atoms with van der Waals surface area (Å²) in [6, 6.07) is 6.83. The van der Waals surface area contributed by atoms with E-state index in [4.69, 9.17) is 0 Å². The fourth-order valence-corrected chi connectivity index (χ4v) is 4.11. The summed E-state index contributed by atoms with van der Waals surface area (Å²) < 4.78 is 0. The van der Waals surface area contributed by atoms with Crippen molar-refractivity contribution in [3.63, 3.8) is 0 Å². The Morgan fingerprint density at radius 1 is 1.33 bits per heavy atom. The van der Waals surface area contributed by atoms with E-state index in [1.54, 1.807) is 0 Å². The van der Waals surface area contributed by atoms with Gasteiger partial charge in [0, 0.05) is 24.4 Å². The van der Waals surface area contributed by atoms with Gasteiger partial charge < -0.3 is 5.32 Å². The van der Waals surface area contributed by atoms with Crippen molar-refractivity contribution in [3.05, 3.63) is 30.1 Å². The maximum Gasteiger partial charge on any atom is 0.0419 e. The fourth-order valence-electron chi connectivity index (χ4n) is 4.11. The molecule has 0 aromatic carbocycles. The van der Waals surface area contributed by atoms with Gasteiger partial charge in [0.15, 0.2) is 0 Å². The van der Waals surface area contributed by atoms with Gasteiger partial charge in [0.1, 0.15) is 0 Å². The van der Waals surface area contributed by atoms with Crippen LogP contribution in [0.25, 0.3) is 0 Å². The number of rotatable bonds is 5. The first-order chi connectivity index (χ1) is 8.85. The molecule has 1 N–H and O–H groups in total. The minimum absolute atomic E-state index is 0.601. The molecule has 4 unspecified atom stereocenters. The molecule has 1 heterocycles. The standard InChI is InChI=1S/C16H24N2/c1-17-16(11-15-4-2-3-7-18-15)10-14-9-12-5-6-13(14)8-12/h2-4,7,12-14,16-17H,5-6,8-11H2,1H3. The molecule has 0 spiro atoms. The molecular formula is C16H24N2. The summed E-state index contributed by atoms with van der Waals surface area (Å²) in [6.07, 6.45) is 10.3. The van der Waals surface area contributed by atoms with Crippen molar-refractivity contribution in [2.75, 3.05) is 7.05 Å². The number of hydrogen-bond donors (Lipinski definition) is 1. The maximum absolute atomic E-state index is 4.45. The third-order valence-electron chi connectivity index (χ3n) is 5.06. The van der Waals surface area contributed by atoms with Gasteiger partial charge in [0.05, 0.1) is 0 Å². The summed E-state index contributed by atoms with van der Waals surface area (Å²) in [5.41, 5.74) is 1.22. The monoisotopic (exact) mass is 244 g/mol. The van der Waals surface area contributed by atoms with E-state index in [0.717, 1.165) is 24.2 Å². The van der Waals surface area contributed by atoms with Gasteiger partial charge in [-0.25, -0.2) is 0 Å². The molecule has 0 amide bonds. The summed E-state index contributed by atoms with van der Waals surface area (Å²) >= 11 is 0. The number of likely N-dealkylation sites (N-methyl/N-ethyl adjacent to an activating group) is 1. The van der Waals surface area contributed by atoms with Crippen LogP contribution in [0.3, 0.4) is 0 Å². The molecule has 2 fully saturated rings. The fraction of sp³-hybridized carbons (Fsp3) is 0.688. The summed E-state index contributed by atoms with van der Waals surface area (Å²) in [6.45, 7) is 0. The first kappa shape index (κ1) is 12.2. The lowest BCUT2D eigenvalue weighted by Crippen LogP contribution is -2.31.